The van der Waals surface area contributed by atoms with E-state index >= 15 is 0 Å². The van der Waals surface area contributed by atoms with Crippen molar-refractivity contribution in [1.29, 1.82) is 0 Å². The molecule has 13 heteroatoms. The normalized spacial score (nSPS) is 23.4. The van der Waals surface area contributed by atoms with Gasteiger partial charge >= 0.3 is 6.09 Å². The lowest BCUT2D eigenvalue weighted by molar-refractivity contribution is -0.384. The van der Waals surface area contributed by atoms with Crippen molar-refractivity contribution in [3.63, 3.8) is 0 Å². The topological polar surface area (TPSA) is 162 Å². The molecule has 1 saturated carbocycles. The molecule has 4 aromatic carbocycles. The average Bonchev–Trinajstić information content (AvgIpc) is 3.26. The van der Waals surface area contributed by atoms with Crippen LogP contribution in [0, 0.1) is 27.9 Å². The number of likely N-dealkylation sites (N-methyl/N-ethyl adjacent to an activating group) is 1. The number of fused-ring (bicyclic) bond motifs is 3. The summed E-state index contributed by atoms with van der Waals surface area (Å²) < 4.78 is 26.5. The molecular formula is C47H53N3O10. The summed E-state index contributed by atoms with van der Waals surface area (Å²) in [6.45, 7) is 6.42. The zero-order valence-electron chi connectivity index (χ0n) is 34.1. The fraction of sp³-hybridized carbons (Fsp3) is 0.404. The Morgan fingerprint density at radius 3 is 2.38 bits per heavy atom. The number of nitro groups is 1. The van der Waals surface area contributed by atoms with Gasteiger partial charge in [-0.3, -0.25) is 10.1 Å². The van der Waals surface area contributed by atoms with Crippen molar-refractivity contribution in [2.45, 2.75) is 69.6 Å². The Hall–Kier alpha value is -5.76. The molecule has 4 aromatic rings. The van der Waals surface area contributed by atoms with Gasteiger partial charge in [0.2, 0.25) is 5.79 Å². The van der Waals surface area contributed by atoms with Gasteiger partial charge in [-0.25, -0.2) is 4.79 Å². The second kappa shape index (κ2) is 19.1. The third-order valence-corrected chi connectivity index (χ3v) is 11.9. The SMILES string of the molecule is C=CCO[C@@]12Oc3ccc(Oc4ccc5ccccc5c4)cc3[C@H]3[C@H](CCCCO)[C@@H](CCCCO)C=C(C(=NOCC)C[C@@H]1N(C)C(=O)Oc1ccc([N+](=O)[O-])cc1)[C@H]32. The number of rotatable bonds is 18. The van der Waals surface area contributed by atoms with Gasteiger partial charge in [-0.05, 0) is 103 Å². The van der Waals surface area contributed by atoms with Crippen LogP contribution in [0.4, 0.5) is 10.5 Å². The van der Waals surface area contributed by atoms with E-state index in [4.69, 9.17) is 23.8 Å². The fourth-order valence-electron chi connectivity index (χ4n) is 9.24. The van der Waals surface area contributed by atoms with Crippen LogP contribution in [0.1, 0.15) is 63.4 Å². The molecule has 60 heavy (non-hydrogen) atoms. The van der Waals surface area contributed by atoms with Gasteiger partial charge in [-0.1, -0.05) is 60.5 Å². The average molecular weight is 820 g/mol. The lowest BCUT2D eigenvalue weighted by Gasteiger charge is -2.59. The number of nitro benzene ring substituents is 1. The maximum atomic E-state index is 14.2. The molecule has 0 bridgehead atoms. The molecule has 1 aliphatic heterocycles. The Kier molecular flexibility index (Phi) is 13.5. The molecule has 0 aromatic heterocycles. The molecule has 0 unspecified atom stereocenters. The van der Waals surface area contributed by atoms with Crippen LogP contribution in [-0.2, 0) is 9.57 Å². The van der Waals surface area contributed by atoms with Gasteiger partial charge in [0.15, 0.2) is 0 Å². The second-order valence-corrected chi connectivity index (χ2v) is 15.5. The van der Waals surface area contributed by atoms with Crippen molar-refractivity contribution < 1.29 is 43.7 Å². The van der Waals surface area contributed by atoms with E-state index in [-0.39, 0.29) is 55.4 Å². The van der Waals surface area contributed by atoms with Crippen LogP contribution in [0.25, 0.3) is 10.8 Å². The number of amides is 1. The monoisotopic (exact) mass is 819 g/mol. The summed E-state index contributed by atoms with van der Waals surface area (Å²) in [5.41, 5.74) is 2.36. The maximum absolute atomic E-state index is 14.2. The summed E-state index contributed by atoms with van der Waals surface area (Å²) >= 11 is 0. The van der Waals surface area contributed by atoms with Crippen LogP contribution < -0.4 is 14.2 Å². The van der Waals surface area contributed by atoms with E-state index < -0.39 is 28.8 Å². The second-order valence-electron chi connectivity index (χ2n) is 15.5. The minimum absolute atomic E-state index is 0.0266. The van der Waals surface area contributed by atoms with E-state index in [1.54, 1.807) is 13.1 Å². The number of non-ortho nitro benzene ring substituents is 1. The molecule has 13 nitrogen and oxygen atoms in total. The number of hydrogen-bond donors (Lipinski definition) is 2. The first kappa shape index (κ1) is 42.4. The van der Waals surface area contributed by atoms with E-state index in [0.29, 0.717) is 42.4 Å². The summed E-state index contributed by atoms with van der Waals surface area (Å²) in [7, 11) is 1.62. The molecule has 316 valence electrons. The highest BCUT2D eigenvalue weighted by Crippen LogP contribution is 2.62. The minimum atomic E-state index is -1.47. The molecular weight excluding hydrogens is 767 g/mol. The molecule has 0 radical (unpaired) electrons. The van der Waals surface area contributed by atoms with Gasteiger partial charge in [0.1, 0.15) is 35.6 Å². The lowest BCUT2D eigenvalue weighted by Crippen LogP contribution is -2.69. The molecule has 1 heterocycles. The van der Waals surface area contributed by atoms with Gasteiger partial charge < -0.3 is 38.9 Å². The number of aliphatic hydroxyl groups excluding tert-OH is 2. The van der Waals surface area contributed by atoms with Gasteiger partial charge in [0, 0.05) is 50.3 Å². The van der Waals surface area contributed by atoms with E-state index in [1.165, 1.54) is 29.2 Å². The third kappa shape index (κ3) is 8.74. The van der Waals surface area contributed by atoms with Crippen molar-refractivity contribution in [1.82, 2.24) is 4.90 Å². The first-order chi connectivity index (χ1) is 29.2. The predicted octanol–water partition coefficient (Wildman–Crippen LogP) is 9.32. The molecule has 6 atom stereocenters. The number of nitrogens with zero attached hydrogens (tertiary/aromatic N) is 3. The third-order valence-electron chi connectivity index (χ3n) is 11.9. The summed E-state index contributed by atoms with van der Waals surface area (Å²) in [6, 6.07) is 24.5. The van der Waals surface area contributed by atoms with Crippen LogP contribution in [0.15, 0.2) is 114 Å². The Morgan fingerprint density at radius 1 is 0.967 bits per heavy atom. The molecule has 0 saturated heterocycles. The largest absolute Gasteiger partial charge is 0.459 e. The summed E-state index contributed by atoms with van der Waals surface area (Å²) in [6.07, 6.45) is 7.88. The van der Waals surface area contributed by atoms with Crippen LogP contribution in [-0.4, -0.2) is 77.1 Å². The van der Waals surface area contributed by atoms with Crippen LogP contribution >= 0.6 is 0 Å². The number of carbonyl (C=O) groups is 1. The van der Waals surface area contributed by atoms with E-state index in [1.807, 2.05) is 49.4 Å². The van der Waals surface area contributed by atoms with Crippen LogP contribution in [0.5, 0.6) is 23.0 Å². The number of benzene rings is 4. The molecule has 2 N–H and O–H groups in total. The van der Waals surface area contributed by atoms with E-state index in [2.05, 4.69) is 36.0 Å². The van der Waals surface area contributed by atoms with Crippen molar-refractivity contribution in [3.8, 4) is 23.0 Å². The zero-order chi connectivity index (χ0) is 42.2. The van der Waals surface area contributed by atoms with Crippen LogP contribution in [0.2, 0.25) is 0 Å². The number of ether oxygens (including phenoxy) is 4. The number of allylic oxidation sites excluding steroid dienone is 1. The molecule has 7 rings (SSSR count). The summed E-state index contributed by atoms with van der Waals surface area (Å²) in [5.74, 6) is -0.0973. The quantitative estimate of drug-likeness (QED) is 0.0428. The molecule has 1 fully saturated rings. The van der Waals surface area contributed by atoms with Gasteiger partial charge in [0.25, 0.3) is 5.69 Å². The summed E-state index contributed by atoms with van der Waals surface area (Å²) in [5, 5.41) is 37.9. The predicted molar refractivity (Wildman–Crippen MR) is 227 cm³/mol. The van der Waals surface area contributed by atoms with Crippen LogP contribution in [0.3, 0.4) is 0 Å². The molecule has 3 aliphatic rings. The molecule has 0 spiro atoms. The minimum Gasteiger partial charge on any atom is -0.459 e. The molecule has 1 amide bonds. The smallest absolute Gasteiger partial charge is 0.415 e. The fourth-order valence-corrected chi connectivity index (χ4v) is 9.24. The Bertz CT molecular complexity index is 2220. The standard InChI is InChI=1S/C47H53N3O10/c1-4-26-56-47-43(49(3)46(53)59-35-20-17-34(18-21-35)50(54)55)30-41(48-57-5-2)39-28-33(14-8-10-24-51)38(15-9-11-25-52)44(45(39)47)40-29-37(22-23-42(40)60-47)58-36-19-16-31-12-6-7-13-32(31)27-36/h4,6-7,12-13,16-23,27-29,33,38,43-45,51-52H,1,5,8-11,14-15,24-26,30H2,2-3H3/t33-,38+,43-,44+,45+,47+/m0/s1. The number of hydrogen-bond acceptors (Lipinski definition) is 11. The Labute approximate surface area is 350 Å². The summed E-state index contributed by atoms with van der Waals surface area (Å²) in [4.78, 5) is 32.2. The number of carbonyl (C=O) groups excluding carboxylic acids is 1. The lowest BCUT2D eigenvalue weighted by atomic mass is 9.55. The first-order valence-electron chi connectivity index (χ1n) is 20.8. The maximum Gasteiger partial charge on any atom is 0.415 e. The highest BCUT2D eigenvalue weighted by molar-refractivity contribution is 6.03. The number of oxime groups is 1. The highest BCUT2D eigenvalue weighted by atomic mass is 16.7. The van der Waals surface area contributed by atoms with Crippen molar-refractivity contribution >= 4 is 28.3 Å². The number of aliphatic hydroxyl groups is 2. The van der Waals surface area contributed by atoms with Crippen molar-refractivity contribution in [2.75, 3.05) is 33.5 Å². The van der Waals surface area contributed by atoms with Crippen molar-refractivity contribution in [2.24, 2.45) is 22.9 Å². The number of unbranched alkanes of at least 4 members (excludes halogenated alkanes) is 2. The molecule has 2 aliphatic carbocycles. The van der Waals surface area contributed by atoms with Gasteiger partial charge in [-0.15, -0.1) is 6.58 Å². The Morgan fingerprint density at radius 2 is 1.67 bits per heavy atom. The van der Waals surface area contributed by atoms with E-state index in [9.17, 15) is 25.1 Å². The van der Waals surface area contributed by atoms with Gasteiger partial charge in [-0.2, -0.15) is 0 Å². The van der Waals surface area contributed by atoms with Crippen molar-refractivity contribution in [3.05, 3.63) is 125 Å². The highest BCUT2D eigenvalue weighted by Gasteiger charge is 2.65. The zero-order valence-corrected chi connectivity index (χ0v) is 34.1. The first-order valence-corrected chi connectivity index (χ1v) is 20.8. The Balaban J connectivity index is 1.37. The van der Waals surface area contributed by atoms with E-state index in [0.717, 1.165) is 47.6 Å². The van der Waals surface area contributed by atoms with Gasteiger partial charge in [0.05, 0.1) is 23.2 Å².